The Morgan fingerprint density at radius 3 is 3.00 bits per heavy atom. The molecule has 19 heavy (non-hydrogen) atoms. The number of hydrogen-bond acceptors (Lipinski definition) is 2. The number of nitriles is 1. The Morgan fingerprint density at radius 1 is 1.42 bits per heavy atom. The molecule has 1 heterocycles. The van der Waals surface area contributed by atoms with Crippen LogP contribution in [0.15, 0.2) is 29.2 Å². The van der Waals surface area contributed by atoms with Crippen molar-refractivity contribution < 1.29 is 0 Å². The summed E-state index contributed by atoms with van der Waals surface area (Å²) in [6, 6.07) is 11.4. The minimum atomic E-state index is -0.0383. The highest BCUT2D eigenvalue weighted by molar-refractivity contribution is 7.99. The van der Waals surface area contributed by atoms with Crippen LogP contribution in [0.4, 0.5) is 0 Å². The largest absolute Gasteiger partial charge is 0.198 e. The van der Waals surface area contributed by atoms with E-state index < -0.39 is 0 Å². The Labute approximate surface area is 120 Å². The van der Waals surface area contributed by atoms with Gasteiger partial charge in [0, 0.05) is 10.6 Å². The van der Waals surface area contributed by atoms with Crippen LogP contribution in [0.2, 0.25) is 0 Å². The van der Waals surface area contributed by atoms with Crippen molar-refractivity contribution in [3.63, 3.8) is 0 Å². The predicted octanol–water partition coefficient (Wildman–Crippen LogP) is 4.99. The van der Waals surface area contributed by atoms with E-state index in [4.69, 9.17) is 0 Å². The number of fused-ring (bicyclic) bond motifs is 1. The summed E-state index contributed by atoms with van der Waals surface area (Å²) in [5.41, 5.74) is 1.45. The van der Waals surface area contributed by atoms with Gasteiger partial charge in [-0.3, -0.25) is 0 Å². The normalized spacial score (nSPS) is 33.1. The van der Waals surface area contributed by atoms with Gasteiger partial charge in [0.15, 0.2) is 0 Å². The van der Waals surface area contributed by atoms with E-state index in [-0.39, 0.29) is 5.41 Å². The SMILES string of the molecule is CCC1CCC(C#N)(CC2CSc3ccccc32)C1. The van der Waals surface area contributed by atoms with Crippen LogP contribution >= 0.6 is 11.8 Å². The van der Waals surface area contributed by atoms with Crippen molar-refractivity contribution in [3.05, 3.63) is 29.8 Å². The lowest BCUT2D eigenvalue weighted by Crippen LogP contribution is -2.19. The lowest BCUT2D eigenvalue weighted by atomic mass is 9.77. The van der Waals surface area contributed by atoms with E-state index in [1.165, 1.54) is 29.1 Å². The van der Waals surface area contributed by atoms with Gasteiger partial charge in [0.05, 0.1) is 11.5 Å². The van der Waals surface area contributed by atoms with E-state index in [2.05, 4.69) is 37.3 Å². The van der Waals surface area contributed by atoms with E-state index in [0.717, 1.165) is 25.2 Å². The van der Waals surface area contributed by atoms with Gasteiger partial charge in [-0.1, -0.05) is 31.5 Å². The number of hydrogen-bond donors (Lipinski definition) is 0. The van der Waals surface area contributed by atoms with Gasteiger partial charge in [-0.25, -0.2) is 0 Å². The van der Waals surface area contributed by atoms with Crippen LogP contribution < -0.4 is 0 Å². The molecule has 1 aromatic carbocycles. The maximum atomic E-state index is 9.68. The molecule has 0 saturated heterocycles. The second-order valence-corrected chi connectivity index (χ2v) is 7.22. The molecule has 1 nitrogen and oxygen atoms in total. The van der Waals surface area contributed by atoms with Crippen molar-refractivity contribution in [2.75, 3.05) is 5.75 Å². The molecule has 2 aliphatic rings. The third-order valence-electron chi connectivity index (χ3n) is 4.96. The van der Waals surface area contributed by atoms with E-state index >= 15 is 0 Å². The standard InChI is InChI=1S/C17H21NS/c1-2-13-7-8-17(9-13,12-18)10-14-11-19-16-6-4-3-5-15(14)16/h3-6,13-14H,2,7-11H2,1H3. The molecule has 0 bridgehead atoms. The van der Waals surface area contributed by atoms with Crippen molar-refractivity contribution >= 4 is 11.8 Å². The lowest BCUT2D eigenvalue weighted by Gasteiger charge is -2.25. The molecule has 2 heteroatoms. The highest BCUT2D eigenvalue weighted by Crippen LogP contribution is 2.51. The predicted molar refractivity (Wildman–Crippen MR) is 80.2 cm³/mol. The van der Waals surface area contributed by atoms with Crippen LogP contribution in [0.25, 0.3) is 0 Å². The zero-order valence-electron chi connectivity index (χ0n) is 11.6. The van der Waals surface area contributed by atoms with Crippen LogP contribution in [0.3, 0.4) is 0 Å². The van der Waals surface area contributed by atoms with Gasteiger partial charge in [-0.2, -0.15) is 5.26 Å². The van der Waals surface area contributed by atoms with Gasteiger partial charge in [0.2, 0.25) is 0 Å². The number of benzene rings is 1. The summed E-state index contributed by atoms with van der Waals surface area (Å²) in [7, 11) is 0. The summed E-state index contributed by atoms with van der Waals surface area (Å²) < 4.78 is 0. The Hall–Kier alpha value is -0.940. The average Bonchev–Trinajstić information content (AvgIpc) is 3.05. The smallest absolute Gasteiger partial charge is 0.0690 e. The minimum absolute atomic E-state index is 0.0383. The molecule has 0 radical (unpaired) electrons. The molecular formula is C17H21NS. The Balaban J connectivity index is 1.77. The number of thioether (sulfide) groups is 1. The molecule has 0 N–H and O–H groups in total. The molecular weight excluding hydrogens is 250 g/mol. The summed E-state index contributed by atoms with van der Waals surface area (Å²) in [6.07, 6.45) is 5.81. The van der Waals surface area contributed by atoms with Crippen LogP contribution in [0, 0.1) is 22.7 Å². The summed E-state index contributed by atoms with van der Waals surface area (Å²) in [5, 5.41) is 9.68. The fourth-order valence-corrected chi connectivity index (χ4v) is 5.04. The maximum absolute atomic E-state index is 9.68. The van der Waals surface area contributed by atoms with Gasteiger partial charge in [-0.15, -0.1) is 11.8 Å². The molecule has 3 rings (SSSR count). The molecule has 0 spiro atoms. The minimum Gasteiger partial charge on any atom is -0.198 e. The first-order chi connectivity index (χ1) is 9.26. The van der Waals surface area contributed by atoms with Crippen LogP contribution in [0.1, 0.15) is 50.5 Å². The van der Waals surface area contributed by atoms with Gasteiger partial charge < -0.3 is 0 Å². The Kier molecular flexibility index (Phi) is 3.58. The topological polar surface area (TPSA) is 23.8 Å². The first-order valence-electron chi connectivity index (χ1n) is 7.39. The fourth-order valence-electron chi connectivity index (χ4n) is 3.79. The van der Waals surface area contributed by atoms with E-state index in [0.29, 0.717) is 5.92 Å². The maximum Gasteiger partial charge on any atom is 0.0690 e. The van der Waals surface area contributed by atoms with Crippen molar-refractivity contribution in [3.8, 4) is 6.07 Å². The van der Waals surface area contributed by atoms with Gasteiger partial charge in [-0.05, 0) is 49.1 Å². The second-order valence-electron chi connectivity index (χ2n) is 6.16. The van der Waals surface area contributed by atoms with Crippen molar-refractivity contribution in [1.82, 2.24) is 0 Å². The second kappa shape index (κ2) is 5.21. The summed E-state index contributed by atoms with van der Waals surface area (Å²) in [6.45, 7) is 2.26. The van der Waals surface area contributed by atoms with Crippen molar-refractivity contribution in [1.29, 1.82) is 5.26 Å². The average molecular weight is 271 g/mol. The molecule has 3 atom stereocenters. The van der Waals surface area contributed by atoms with Crippen LogP contribution in [0.5, 0.6) is 0 Å². The highest BCUT2D eigenvalue weighted by atomic mass is 32.2. The molecule has 1 aliphatic heterocycles. The number of nitrogens with zero attached hydrogens (tertiary/aromatic N) is 1. The fraction of sp³-hybridized carbons (Fsp3) is 0.588. The Morgan fingerprint density at radius 2 is 2.26 bits per heavy atom. The molecule has 100 valence electrons. The molecule has 0 aromatic heterocycles. The van der Waals surface area contributed by atoms with E-state index in [1.54, 1.807) is 0 Å². The quantitative estimate of drug-likeness (QED) is 0.773. The van der Waals surface area contributed by atoms with E-state index in [9.17, 15) is 5.26 Å². The Bertz CT molecular complexity index is 504. The molecule has 1 fully saturated rings. The van der Waals surface area contributed by atoms with Gasteiger partial charge >= 0.3 is 0 Å². The first-order valence-corrected chi connectivity index (χ1v) is 8.38. The van der Waals surface area contributed by atoms with Gasteiger partial charge in [0.25, 0.3) is 0 Å². The third kappa shape index (κ3) is 2.41. The lowest BCUT2D eigenvalue weighted by molar-refractivity contribution is 0.333. The molecule has 0 amide bonds. The van der Waals surface area contributed by atoms with Crippen molar-refractivity contribution in [2.24, 2.45) is 11.3 Å². The molecule has 1 saturated carbocycles. The zero-order valence-corrected chi connectivity index (χ0v) is 12.4. The summed E-state index contributed by atoms with van der Waals surface area (Å²) in [5.74, 6) is 2.54. The number of rotatable bonds is 3. The molecule has 1 aromatic rings. The van der Waals surface area contributed by atoms with Crippen LogP contribution in [-0.4, -0.2) is 5.75 Å². The summed E-state index contributed by atoms with van der Waals surface area (Å²) in [4.78, 5) is 1.44. The third-order valence-corrected chi connectivity index (χ3v) is 6.21. The molecule has 3 unspecified atom stereocenters. The van der Waals surface area contributed by atoms with Crippen molar-refractivity contribution in [2.45, 2.75) is 49.8 Å². The monoisotopic (exact) mass is 271 g/mol. The van der Waals surface area contributed by atoms with Crippen LogP contribution in [-0.2, 0) is 0 Å². The highest BCUT2D eigenvalue weighted by Gasteiger charge is 2.41. The molecule has 1 aliphatic carbocycles. The first kappa shape index (κ1) is 13.1. The van der Waals surface area contributed by atoms with E-state index in [1.807, 2.05) is 11.8 Å². The van der Waals surface area contributed by atoms with Gasteiger partial charge in [0.1, 0.15) is 0 Å². The zero-order chi connectivity index (χ0) is 13.3. The summed E-state index contributed by atoms with van der Waals surface area (Å²) >= 11 is 1.97.